The molecule has 0 fully saturated rings. The molecule has 90 valence electrons. The van der Waals surface area contributed by atoms with Gasteiger partial charge in [0, 0.05) is 18.6 Å². The Balaban J connectivity index is 3.26. The molecule has 1 rings (SSSR count). The van der Waals surface area contributed by atoms with Crippen molar-refractivity contribution in [2.45, 2.75) is 18.8 Å². The molecule has 3 N–H and O–H groups in total. The second kappa shape index (κ2) is 4.84. The van der Waals surface area contributed by atoms with E-state index in [0.29, 0.717) is 0 Å². The lowest BCUT2D eigenvalue weighted by Gasteiger charge is -2.28. The highest BCUT2D eigenvalue weighted by Crippen LogP contribution is 2.30. The summed E-state index contributed by atoms with van der Waals surface area (Å²) in [6.45, 7) is 1.43. The largest absolute Gasteiger partial charge is 0.396 e. The van der Waals surface area contributed by atoms with Gasteiger partial charge in [-0.1, -0.05) is 13.0 Å². The molecule has 0 saturated carbocycles. The van der Waals surface area contributed by atoms with Gasteiger partial charge in [-0.05, 0) is 18.1 Å². The molecule has 0 radical (unpaired) electrons. The summed E-state index contributed by atoms with van der Waals surface area (Å²) in [5, 5.41) is 8.86. The van der Waals surface area contributed by atoms with Crippen LogP contribution < -0.4 is 5.73 Å². The SMILES string of the molecule is CC(CN)(CCO)c1ccc(F)c(F)c1F. The molecule has 0 amide bonds. The highest BCUT2D eigenvalue weighted by atomic mass is 19.2. The Morgan fingerprint density at radius 3 is 2.38 bits per heavy atom. The van der Waals surface area contributed by atoms with E-state index in [9.17, 15) is 13.2 Å². The summed E-state index contributed by atoms with van der Waals surface area (Å²) in [4.78, 5) is 0. The summed E-state index contributed by atoms with van der Waals surface area (Å²) in [6.07, 6.45) is 0.186. The minimum absolute atomic E-state index is 0.0112. The van der Waals surface area contributed by atoms with Crippen molar-refractivity contribution in [1.29, 1.82) is 0 Å². The fourth-order valence-electron chi connectivity index (χ4n) is 1.59. The van der Waals surface area contributed by atoms with Gasteiger partial charge in [-0.2, -0.15) is 0 Å². The number of nitrogens with two attached hydrogens (primary N) is 1. The van der Waals surface area contributed by atoms with Crippen LogP contribution in [-0.2, 0) is 5.41 Å². The van der Waals surface area contributed by atoms with Gasteiger partial charge in [0.05, 0.1) is 0 Å². The molecule has 0 bridgehead atoms. The number of hydrogen-bond donors (Lipinski definition) is 2. The Kier molecular flexibility index (Phi) is 3.93. The van der Waals surface area contributed by atoms with Crippen molar-refractivity contribution in [3.8, 4) is 0 Å². The lowest BCUT2D eigenvalue weighted by molar-refractivity contribution is 0.243. The zero-order valence-electron chi connectivity index (χ0n) is 8.93. The number of halogens is 3. The quantitative estimate of drug-likeness (QED) is 0.777. The van der Waals surface area contributed by atoms with E-state index in [2.05, 4.69) is 0 Å². The molecule has 0 aliphatic heterocycles. The Bertz CT molecular complexity index is 384. The number of aliphatic hydroxyl groups excluding tert-OH is 1. The molecule has 0 aliphatic rings. The zero-order chi connectivity index (χ0) is 12.3. The zero-order valence-corrected chi connectivity index (χ0v) is 8.93. The summed E-state index contributed by atoms with van der Waals surface area (Å²) in [5.74, 6) is -3.97. The molecule has 0 heterocycles. The van der Waals surface area contributed by atoms with E-state index in [1.807, 2.05) is 0 Å². The van der Waals surface area contributed by atoms with E-state index in [1.165, 1.54) is 0 Å². The monoisotopic (exact) mass is 233 g/mol. The number of hydrogen-bond acceptors (Lipinski definition) is 2. The number of benzene rings is 1. The topological polar surface area (TPSA) is 46.2 Å². The smallest absolute Gasteiger partial charge is 0.194 e. The van der Waals surface area contributed by atoms with Gasteiger partial charge in [0.2, 0.25) is 0 Å². The molecule has 0 saturated heterocycles. The second-order valence-electron chi connectivity index (χ2n) is 3.96. The van der Waals surface area contributed by atoms with Crippen LogP contribution in [0.2, 0.25) is 0 Å². The Labute approximate surface area is 91.9 Å². The molecule has 0 aromatic heterocycles. The maximum Gasteiger partial charge on any atom is 0.194 e. The minimum Gasteiger partial charge on any atom is -0.396 e. The maximum atomic E-state index is 13.5. The molecule has 1 aromatic rings. The van der Waals surface area contributed by atoms with Crippen LogP contribution in [0.4, 0.5) is 13.2 Å². The van der Waals surface area contributed by atoms with Crippen LogP contribution in [0.1, 0.15) is 18.9 Å². The highest BCUT2D eigenvalue weighted by molar-refractivity contribution is 5.28. The first-order valence-corrected chi connectivity index (χ1v) is 4.91. The lowest BCUT2D eigenvalue weighted by atomic mass is 9.79. The first kappa shape index (κ1) is 13.0. The normalized spacial score (nSPS) is 14.9. The summed E-state index contributed by atoms with van der Waals surface area (Å²) in [5.41, 5.74) is 4.58. The van der Waals surface area contributed by atoms with Crippen molar-refractivity contribution in [3.63, 3.8) is 0 Å². The molecule has 1 aromatic carbocycles. The second-order valence-corrected chi connectivity index (χ2v) is 3.96. The number of rotatable bonds is 4. The average molecular weight is 233 g/mol. The van der Waals surface area contributed by atoms with Crippen LogP contribution >= 0.6 is 0 Å². The van der Waals surface area contributed by atoms with Crippen molar-refractivity contribution in [3.05, 3.63) is 35.1 Å². The Hall–Kier alpha value is -1.07. The summed E-state index contributed by atoms with van der Waals surface area (Å²) >= 11 is 0. The summed E-state index contributed by atoms with van der Waals surface area (Å²) < 4.78 is 39.3. The van der Waals surface area contributed by atoms with E-state index in [-0.39, 0.29) is 25.1 Å². The molecule has 2 nitrogen and oxygen atoms in total. The van der Waals surface area contributed by atoms with Crippen LogP contribution in [0.25, 0.3) is 0 Å². The summed E-state index contributed by atoms with van der Waals surface area (Å²) in [7, 11) is 0. The molecule has 16 heavy (non-hydrogen) atoms. The first-order valence-electron chi connectivity index (χ1n) is 4.91. The molecule has 1 atom stereocenters. The van der Waals surface area contributed by atoms with E-state index >= 15 is 0 Å². The number of aliphatic hydroxyl groups is 1. The van der Waals surface area contributed by atoms with Crippen molar-refractivity contribution in [2.24, 2.45) is 5.73 Å². The van der Waals surface area contributed by atoms with Gasteiger partial charge in [0.15, 0.2) is 17.5 Å². The third kappa shape index (κ3) is 2.20. The van der Waals surface area contributed by atoms with Crippen LogP contribution in [0.15, 0.2) is 12.1 Å². The van der Waals surface area contributed by atoms with Gasteiger partial charge < -0.3 is 10.8 Å². The fraction of sp³-hybridized carbons (Fsp3) is 0.455. The Morgan fingerprint density at radius 1 is 1.25 bits per heavy atom. The standard InChI is InChI=1S/C11H14F3NO/c1-11(6-15,4-5-16)7-2-3-8(12)10(14)9(7)13/h2-3,16H,4-6,15H2,1H3. The van der Waals surface area contributed by atoms with Gasteiger partial charge >= 0.3 is 0 Å². The Morgan fingerprint density at radius 2 is 1.88 bits per heavy atom. The van der Waals surface area contributed by atoms with Gasteiger partial charge in [-0.15, -0.1) is 0 Å². The minimum atomic E-state index is -1.50. The van der Waals surface area contributed by atoms with Crippen LogP contribution in [0, 0.1) is 17.5 Å². The fourth-order valence-corrected chi connectivity index (χ4v) is 1.59. The van der Waals surface area contributed by atoms with E-state index in [1.54, 1.807) is 6.92 Å². The third-order valence-electron chi connectivity index (χ3n) is 2.80. The van der Waals surface area contributed by atoms with E-state index in [0.717, 1.165) is 12.1 Å². The van der Waals surface area contributed by atoms with Gasteiger partial charge in [-0.3, -0.25) is 0 Å². The predicted octanol–water partition coefficient (Wildman–Crippen LogP) is 1.70. The molecule has 0 spiro atoms. The maximum absolute atomic E-state index is 13.5. The van der Waals surface area contributed by atoms with Crippen molar-refractivity contribution in [1.82, 2.24) is 0 Å². The predicted molar refractivity (Wildman–Crippen MR) is 54.4 cm³/mol. The summed E-state index contributed by atoms with van der Waals surface area (Å²) in [6, 6.07) is 2.02. The van der Waals surface area contributed by atoms with Crippen molar-refractivity contribution in [2.75, 3.05) is 13.2 Å². The van der Waals surface area contributed by atoms with Gasteiger partial charge in [-0.25, -0.2) is 13.2 Å². The average Bonchev–Trinajstić information content (AvgIpc) is 2.26. The molecular weight excluding hydrogens is 219 g/mol. The van der Waals surface area contributed by atoms with Crippen molar-refractivity contribution >= 4 is 0 Å². The van der Waals surface area contributed by atoms with Crippen LogP contribution in [-0.4, -0.2) is 18.3 Å². The van der Waals surface area contributed by atoms with Gasteiger partial charge in [0.1, 0.15) is 0 Å². The van der Waals surface area contributed by atoms with Crippen molar-refractivity contribution < 1.29 is 18.3 Å². The van der Waals surface area contributed by atoms with Gasteiger partial charge in [0.25, 0.3) is 0 Å². The van der Waals surface area contributed by atoms with Crippen LogP contribution in [0.5, 0.6) is 0 Å². The lowest BCUT2D eigenvalue weighted by Crippen LogP contribution is -2.34. The third-order valence-corrected chi connectivity index (χ3v) is 2.80. The molecule has 1 unspecified atom stereocenters. The first-order chi connectivity index (χ1) is 7.46. The highest BCUT2D eigenvalue weighted by Gasteiger charge is 2.30. The molecular formula is C11H14F3NO. The molecule has 0 aliphatic carbocycles. The molecule has 5 heteroatoms. The van der Waals surface area contributed by atoms with E-state index < -0.39 is 22.9 Å². The van der Waals surface area contributed by atoms with Crippen LogP contribution in [0.3, 0.4) is 0 Å². The van der Waals surface area contributed by atoms with E-state index in [4.69, 9.17) is 10.8 Å².